The number of rotatable bonds is 5. The van der Waals surface area contributed by atoms with Crippen molar-refractivity contribution in [2.24, 2.45) is 0 Å². The summed E-state index contributed by atoms with van der Waals surface area (Å²) in [6.07, 6.45) is 1.56. The molecule has 1 fully saturated rings. The maximum Gasteiger partial charge on any atom is 0.354 e. The highest BCUT2D eigenvalue weighted by Crippen LogP contribution is 2.16. The molecule has 1 amide bonds. The van der Waals surface area contributed by atoms with Gasteiger partial charge in [0.15, 0.2) is 6.61 Å². The lowest BCUT2D eigenvalue weighted by molar-refractivity contribution is -0.133. The van der Waals surface area contributed by atoms with Gasteiger partial charge in [-0.25, -0.2) is 9.78 Å². The molecule has 3 rings (SSSR count). The van der Waals surface area contributed by atoms with E-state index in [4.69, 9.17) is 9.84 Å². The molecule has 1 N–H and O–H groups in total. The molecule has 0 radical (unpaired) electrons. The first-order chi connectivity index (χ1) is 12.1. The van der Waals surface area contributed by atoms with E-state index in [-0.39, 0.29) is 18.2 Å². The fourth-order valence-corrected chi connectivity index (χ4v) is 2.67. The van der Waals surface area contributed by atoms with Crippen LogP contribution in [0.5, 0.6) is 5.75 Å². The molecule has 7 nitrogen and oxygen atoms in total. The molecule has 0 saturated carbocycles. The lowest BCUT2D eigenvalue weighted by atomic mass is 10.2. The van der Waals surface area contributed by atoms with Crippen molar-refractivity contribution in [1.29, 1.82) is 0 Å². The van der Waals surface area contributed by atoms with E-state index in [1.165, 1.54) is 6.07 Å². The van der Waals surface area contributed by atoms with Gasteiger partial charge >= 0.3 is 5.97 Å². The van der Waals surface area contributed by atoms with Gasteiger partial charge in [-0.15, -0.1) is 0 Å². The summed E-state index contributed by atoms with van der Waals surface area (Å²) in [5, 5.41) is 8.88. The summed E-state index contributed by atoms with van der Waals surface area (Å²) in [6, 6.07) is 12.5. The normalized spacial score (nSPS) is 14.2. The van der Waals surface area contributed by atoms with E-state index in [0.717, 1.165) is 5.69 Å². The lowest BCUT2D eigenvalue weighted by Gasteiger charge is -2.35. The highest BCUT2D eigenvalue weighted by atomic mass is 16.5. The van der Waals surface area contributed by atoms with Gasteiger partial charge in [-0.1, -0.05) is 18.2 Å². The van der Waals surface area contributed by atoms with Gasteiger partial charge in [0.25, 0.3) is 5.91 Å². The Hall–Kier alpha value is -3.09. The third-order valence-electron chi connectivity index (χ3n) is 4.07. The van der Waals surface area contributed by atoms with Crippen molar-refractivity contribution in [3.05, 3.63) is 54.4 Å². The monoisotopic (exact) mass is 341 g/mol. The number of ether oxygens (including phenoxy) is 1. The molecule has 0 unspecified atom stereocenters. The maximum atomic E-state index is 12.2. The Balaban J connectivity index is 1.49. The number of hydrogen-bond donors (Lipinski definition) is 1. The van der Waals surface area contributed by atoms with E-state index in [0.29, 0.717) is 31.9 Å². The third-order valence-corrected chi connectivity index (χ3v) is 4.07. The van der Waals surface area contributed by atoms with Crippen LogP contribution in [0.25, 0.3) is 0 Å². The number of carboxylic acid groups (broad SMARTS) is 1. The Morgan fingerprint density at radius 3 is 2.36 bits per heavy atom. The van der Waals surface area contributed by atoms with Crippen LogP contribution in [-0.2, 0) is 4.79 Å². The average Bonchev–Trinajstić information content (AvgIpc) is 2.67. The fraction of sp³-hybridized carbons (Fsp3) is 0.278. The molecule has 0 bridgehead atoms. The number of anilines is 1. The van der Waals surface area contributed by atoms with Gasteiger partial charge in [-0.05, 0) is 24.3 Å². The van der Waals surface area contributed by atoms with Crippen molar-refractivity contribution in [3.63, 3.8) is 0 Å². The first-order valence-corrected chi connectivity index (χ1v) is 8.03. The number of piperazine rings is 1. The zero-order valence-electron chi connectivity index (χ0n) is 13.7. The van der Waals surface area contributed by atoms with Gasteiger partial charge in [-0.2, -0.15) is 0 Å². The molecule has 25 heavy (non-hydrogen) atoms. The second kappa shape index (κ2) is 7.65. The molecule has 1 aromatic carbocycles. The molecular formula is C18H19N3O4. The van der Waals surface area contributed by atoms with Gasteiger partial charge in [-0.3, -0.25) is 4.79 Å². The second-order valence-electron chi connectivity index (χ2n) is 5.68. The Bertz CT molecular complexity index is 726. The van der Waals surface area contributed by atoms with Gasteiger partial charge in [0.1, 0.15) is 11.4 Å². The largest absolute Gasteiger partial charge is 0.484 e. The Morgan fingerprint density at radius 1 is 1.04 bits per heavy atom. The van der Waals surface area contributed by atoms with Crippen molar-refractivity contribution >= 4 is 17.6 Å². The van der Waals surface area contributed by atoms with E-state index < -0.39 is 5.97 Å². The van der Waals surface area contributed by atoms with E-state index in [1.807, 2.05) is 30.3 Å². The Labute approximate surface area is 145 Å². The summed E-state index contributed by atoms with van der Waals surface area (Å²) in [5.74, 6) is -0.401. The van der Waals surface area contributed by atoms with Crippen LogP contribution in [-0.4, -0.2) is 59.7 Å². The summed E-state index contributed by atoms with van der Waals surface area (Å²) in [4.78, 5) is 30.9. The van der Waals surface area contributed by atoms with Crippen molar-refractivity contribution in [1.82, 2.24) is 9.88 Å². The van der Waals surface area contributed by atoms with Crippen molar-refractivity contribution in [2.75, 3.05) is 37.7 Å². The van der Waals surface area contributed by atoms with Crippen molar-refractivity contribution in [3.8, 4) is 5.75 Å². The van der Waals surface area contributed by atoms with Crippen molar-refractivity contribution in [2.45, 2.75) is 0 Å². The standard InChI is InChI=1S/C18H19N3O4/c22-17(13-25-15-4-2-1-3-5-15)21-10-8-20(9-11-21)14-6-7-16(18(23)24)19-12-14/h1-7,12H,8-11,13H2,(H,23,24). The number of nitrogens with zero attached hydrogens (tertiary/aromatic N) is 3. The molecule has 1 aliphatic heterocycles. The summed E-state index contributed by atoms with van der Waals surface area (Å²) in [7, 11) is 0. The number of carbonyl (C=O) groups excluding carboxylic acids is 1. The number of pyridine rings is 1. The minimum absolute atomic E-state index is 0.0237. The van der Waals surface area contributed by atoms with E-state index in [1.54, 1.807) is 17.2 Å². The number of carbonyl (C=O) groups is 2. The topological polar surface area (TPSA) is 83.0 Å². The number of para-hydroxylation sites is 1. The van der Waals surface area contributed by atoms with Crippen LogP contribution in [0.4, 0.5) is 5.69 Å². The number of aromatic nitrogens is 1. The van der Waals surface area contributed by atoms with Crippen LogP contribution in [0.1, 0.15) is 10.5 Å². The summed E-state index contributed by atoms with van der Waals surface area (Å²) in [6.45, 7) is 2.56. The summed E-state index contributed by atoms with van der Waals surface area (Å²) >= 11 is 0. The van der Waals surface area contributed by atoms with Gasteiger partial charge in [0, 0.05) is 26.2 Å². The highest BCUT2D eigenvalue weighted by molar-refractivity contribution is 5.85. The molecule has 130 valence electrons. The number of carboxylic acids is 1. The van der Waals surface area contributed by atoms with Crippen LogP contribution in [0.15, 0.2) is 48.7 Å². The van der Waals surface area contributed by atoms with Gasteiger partial charge < -0.3 is 19.6 Å². The molecule has 1 aromatic heterocycles. The molecule has 0 atom stereocenters. The maximum absolute atomic E-state index is 12.2. The van der Waals surface area contributed by atoms with E-state index in [2.05, 4.69) is 9.88 Å². The number of hydrogen-bond acceptors (Lipinski definition) is 5. The third kappa shape index (κ3) is 4.26. The second-order valence-corrected chi connectivity index (χ2v) is 5.68. The zero-order chi connectivity index (χ0) is 17.6. The predicted molar refractivity (Wildman–Crippen MR) is 91.9 cm³/mol. The van der Waals surface area contributed by atoms with E-state index >= 15 is 0 Å². The number of aromatic carboxylic acids is 1. The molecule has 1 saturated heterocycles. The first-order valence-electron chi connectivity index (χ1n) is 8.03. The molecular weight excluding hydrogens is 322 g/mol. The molecule has 2 aromatic rings. The van der Waals surface area contributed by atoms with Crippen LogP contribution < -0.4 is 9.64 Å². The fourth-order valence-electron chi connectivity index (χ4n) is 2.67. The van der Waals surface area contributed by atoms with E-state index in [9.17, 15) is 9.59 Å². The van der Waals surface area contributed by atoms with Gasteiger partial charge in [0.05, 0.1) is 11.9 Å². The minimum atomic E-state index is -1.04. The van der Waals surface area contributed by atoms with Crippen LogP contribution in [0.3, 0.4) is 0 Å². The number of benzene rings is 1. The molecule has 0 spiro atoms. The Kier molecular flexibility index (Phi) is 5.13. The highest BCUT2D eigenvalue weighted by Gasteiger charge is 2.22. The predicted octanol–water partition coefficient (Wildman–Crippen LogP) is 1.51. The van der Waals surface area contributed by atoms with Crippen LogP contribution in [0.2, 0.25) is 0 Å². The quantitative estimate of drug-likeness (QED) is 0.887. The summed E-state index contributed by atoms with van der Waals surface area (Å²) < 4.78 is 5.50. The van der Waals surface area contributed by atoms with Gasteiger partial charge in [0.2, 0.25) is 0 Å². The molecule has 2 heterocycles. The zero-order valence-corrected chi connectivity index (χ0v) is 13.7. The van der Waals surface area contributed by atoms with Crippen LogP contribution >= 0.6 is 0 Å². The minimum Gasteiger partial charge on any atom is -0.484 e. The summed E-state index contributed by atoms with van der Waals surface area (Å²) in [5.41, 5.74) is 0.883. The Morgan fingerprint density at radius 2 is 1.76 bits per heavy atom. The lowest BCUT2D eigenvalue weighted by Crippen LogP contribution is -2.50. The SMILES string of the molecule is O=C(O)c1ccc(N2CCN(C(=O)COc3ccccc3)CC2)cn1. The first kappa shape index (κ1) is 16.8. The van der Waals surface area contributed by atoms with Crippen molar-refractivity contribution < 1.29 is 19.4 Å². The molecule has 7 heteroatoms. The van der Waals surface area contributed by atoms with Crippen LogP contribution in [0, 0.1) is 0 Å². The molecule has 0 aliphatic carbocycles. The smallest absolute Gasteiger partial charge is 0.354 e. The average molecular weight is 341 g/mol. The molecule has 1 aliphatic rings. The number of amides is 1.